The van der Waals surface area contributed by atoms with Crippen LogP contribution in [0.15, 0.2) is 48.1 Å². The van der Waals surface area contributed by atoms with Gasteiger partial charge >= 0.3 is 0 Å². The van der Waals surface area contributed by atoms with Gasteiger partial charge in [0.2, 0.25) is 0 Å². The molecule has 0 aliphatic heterocycles. The molecule has 2 atom stereocenters. The van der Waals surface area contributed by atoms with E-state index in [4.69, 9.17) is 11.6 Å². The highest BCUT2D eigenvalue weighted by Gasteiger charge is 2.51. The molecule has 1 aliphatic carbocycles. The van der Waals surface area contributed by atoms with Crippen molar-refractivity contribution in [2.75, 3.05) is 0 Å². The van der Waals surface area contributed by atoms with Crippen LogP contribution in [0.1, 0.15) is 47.1 Å². The van der Waals surface area contributed by atoms with Gasteiger partial charge in [0.1, 0.15) is 0 Å². The van der Waals surface area contributed by atoms with Crippen molar-refractivity contribution in [3.05, 3.63) is 58.7 Å². The Bertz CT molecular complexity index is 613. The van der Waals surface area contributed by atoms with E-state index in [1.165, 1.54) is 0 Å². The Balaban J connectivity index is 2.72. The van der Waals surface area contributed by atoms with Crippen molar-refractivity contribution >= 4 is 11.6 Å². The molecule has 0 radical (unpaired) electrons. The van der Waals surface area contributed by atoms with Crippen LogP contribution in [0.5, 0.6) is 0 Å². The predicted molar refractivity (Wildman–Crippen MR) is 95.3 cm³/mol. The highest BCUT2D eigenvalue weighted by molar-refractivity contribution is 6.31. The fraction of sp³-hybridized carbons (Fsp3) is 0.500. The summed E-state index contributed by atoms with van der Waals surface area (Å²) < 4.78 is 0. The van der Waals surface area contributed by atoms with E-state index in [-0.39, 0.29) is 10.8 Å². The summed E-state index contributed by atoms with van der Waals surface area (Å²) in [5.74, 6) is 0. The van der Waals surface area contributed by atoms with E-state index in [0.717, 1.165) is 11.1 Å². The Labute approximate surface area is 139 Å². The van der Waals surface area contributed by atoms with Gasteiger partial charge in [0, 0.05) is 10.4 Å². The Hall–Kier alpha value is -1.05. The van der Waals surface area contributed by atoms with Gasteiger partial charge in [-0.25, -0.2) is 0 Å². The summed E-state index contributed by atoms with van der Waals surface area (Å²) in [6.07, 6.45) is 5.64. The van der Waals surface area contributed by atoms with Crippen molar-refractivity contribution in [3.63, 3.8) is 0 Å². The normalized spacial score (nSPS) is 26.0. The molecule has 1 aromatic rings. The molecule has 1 aromatic carbocycles. The summed E-state index contributed by atoms with van der Waals surface area (Å²) in [6, 6.07) is 7.86. The third-order valence-corrected chi connectivity index (χ3v) is 5.12. The smallest absolute Gasteiger partial charge is 0.0895 e. The zero-order chi connectivity index (χ0) is 16.8. The minimum Gasteiger partial charge on any atom is -0.387 e. The Morgan fingerprint density at radius 3 is 2.14 bits per heavy atom. The Kier molecular flexibility index (Phi) is 4.36. The zero-order valence-corrected chi connectivity index (χ0v) is 15.2. The van der Waals surface area contributed by atoms with Gasteiger partial charge in [0.25, 0.3) is 0 Å². The summed E-state index contributed by atoms with van der Waals surface area (Å²) >= 11 is 6.52. The summed E-state index contributed by atoms with van der Waals surface area (Å²) in [5, 5.41) is 12.1. The molecule has 1 N–H and O–H groups in total. The van der Waals surface area contributed by atoms with Crippen LogP contribution in [0.2, 0.25) is 5.02 Å². The molecule has 0 saturated carbocycles. The maximum absolute atomic E-state index is 11.4. The topological polar surface area (TPSA) is 20.2 Å². The Morgan fingerprint density at radius 2 is 1.64 bits per heavy atom. The molecule has 1 aliphatic rings. The quantitative estimate of drug-likeness (QED) is 0.722. The van der Waals surface area contributed by atoms with Crippen LogP contribution in [0.25, 0.3) is 0 Å². The van der Waals surface area contributed by atoms with Gasteiger partial charge in [0.05, 0.1) is 6.10 Å². The van der Waals surface area contributed by atoms with E-state index in [9.17, 15) is 5.11 Å². The van der Waals surface area contributed by atoms with Crippen LogP contribution < -0.4 is 0 Å². The molecule has 2 rings (SSSR count). The lowest BCUT2D eigenvalue weighted by Gasteiger charge is -2.50. The van der Waals surface area contributed by atoms with Gasteiger partial charge in [-0.1, -0.05) is 89.6 Å². The van der Waals surface area contributed by atoms with Gasteiger partial charge in [-0.15, -0.1) is 0 Å². The minimum absolute atomic E-state index is 0.0953. The second kappa shape index (κ2) is 5.54. The monoisotopic (exact) mass is 318 g/mol. The number of halogens is 1. The number of hydrogen-bond acceptors (Lipinski definition) is 1. The molecular formula is C20H27ClO. The minimum atomic E-state index is -0.600. The van der Waals surface area contributed by atoms with Gasteiger partial charge in [-0.05, 0) is 28.0 Å². The van der Waals surface area contributed by atoms with Crippen LogP contribution in [-0.4, -0.2) is 11.2 Å². The third-order valence-electron chi connectivity index (χ3n) is 4.79. The standard InChI is InChI=1S/C20H27ClO/c1-18(2,3)15-11-9-13-20(17(15)22,19(4,5)6)14-10-7-8-12-16(14)21/h7-13,17,22H,1-6H3. The second-order valence-corrected chi connectivity index (χ2v) is 8.64. The van der Waals surface area contributed by atoms with Crippen molar-refractivity contribution in [1.82, 2.24) is 0 Å². The van der Waals surface area contributed by atoms with Crippen LogP contribution in [0, 0.1) is 10.8 Å². The van der Waals surface area contributed by atoms with Crippen molar-refractivity contribution in [3.8, 4) is 0 Å². The molecule has 0 fully saturated rings. The lowest BCUT2D eigenvalue weighted by atomic mass is 9.55. The third kappa shape index (κ3) is 2.66. The molecular weight excluding hydrogens is 292 g/mol. The Morgan fingerprint density at radius 1 is 1.05 bits per heavy atom. The average Bonchev–Trinajstić information content (AvgIpc) is 2.37. The molecule has 1 nitrogen and oxygen atoms in total. The summed E-state index contributed by atoms with van der Waals surface area (Å²) in [5.41, 5.74) is 1.22. The molecule has 0 saturated heterocycles. The second-order valence-electron chi connectivity index (χ2n) is 8.23. The first-order chi connectivity index (χ1) is 10.0. The van der Waals surface area contributed by atoms with E-state index >= 15 is 0 Å². The van der Waals surface area contributed by atoms with Crippen LogP contribution in [-0.2, 0) is 5.41 Å². The highest BCUT2D eigenvalue weighted by atomic mass is 35.5. The van der Waals surface area contributed by atoms with Crippen molar-refractivity contribution in [2.24, 2.45) is 10.8 Å². The molecule has 0 heterocycles. The van der Waals surface area contributed by atoms with Crippen molar-refractivity contribution in [1.29, 1.82) is 0 Å². The van der Waals surface area contributed by atoms with Gasteiger partial charge in [-0.2, -0.15) is 0 Å². The number of allylic oxidation sites excluding steroid dienone is 2. The number of aliphatic hydroxyl groups excluding tert-OH is 1. The van der Waals surface area contributed by atoms with E-state index in [1.807, 2.05) is 30.3 Å². The number of rotatable bonds is 1. The fourth-order valence-corrected chi connectivity index (χ4v) is 3.78. The SMILES string of the molecule is CC(C)(C)C1=CC=CC(c2ccccc2Cl)(C(C)(C)C)C1O. The van der Waals surface area contributed by atoms with Crippen molar-refractivity contribution < 1.29 is 5.11 Å². The maximum atomic E-state index is 11.4. The predicted octanol–water partition coefficient (Wildman–Crippen LogP) is 5.53. The van der Waals surface area contributed by atoms with E-state index in [0.29, 0.717) is 5.02 Å². The number of hydrogen-bond donors (Lipinski definition) is 1. The lowest BCUT2D eigenvalue weighted by Crippen LogP contribution is -2.52. The summed E-state index contributed by atoms with van der Waals surface area (Å²) in [7, 11) is 0. The largest absolute Gasteiger partial charge is 0.387 e. The molecule has 22 heavy (non-hydrogen) atoms. The molecule has 120 valence electrons. The van der Waals surface area contributed by atoms with Crippen molar-refractivity contribution in [2.45, 2.75) is 53.1 Å². The molecule has 0 amide bonds. The molecule has 0 spiro atoms. The molecule has 2 unspecified atom stereocenters. The maximum Gasteiger partial charge on any atom is 0.0895 e. The van der Waals surface area contributed by atoms with Gasteiger partial charge in [0.15, 0.2) is 0 Å². The number of benzene rings is 1. The molecule has 0 aromatic heterocycles. The van der Waals surface area contributed by atoms with Gasteiger partial charge in [-0.3, -0.25) is 0 Å². The first-order valence-electron chi connectivity index (χ1n) is 7.85. The zero-order valence-electron chi connectivity index (χ0n) is 14.4. The number of aliphatic hydroxyl groups is 1. The van der Waals surface area contributed by atoms with E-state index in [2.05, 4.69) is 53.7 Å². The average molecular weight is 319 g/mol. The summed E-state index contributed by atoms with van der Waals surface area (Å²) in [4.78, 5) is 0. The first kappa shape index (κ1) is 17.3. The fourth-order valence-electron chi connectivity index (χ4n) is 3.49. The lowest BCUT2D eigenvalue weighted by molar-refractivity contribution is 0.0511. The van der Waals surface area contributed by atoms with Crippen LogP contribution in [0.4, 0.5) is 0 Å². The highest BCUT2D eigenvalue weighted by Crippen LogP contribution is 2.53. The van der Waals surface area contributed by atoms with E-state index < -0.39 is 11.5 Å². The van der Waals surface area contributed by atoms with Gasteiger partial charge < -0.3 is 5.11 Å². The van der Waals surface area contributed by atoms with Crippen LogP contribution in [0.3, 0.4) is 0 Å². The molecule has 0 bridgehead atoms. The molecule has 2 heteroatoms. The first-order valence-corrected chi connectivity index (χ1v) is 8.22. The van der Waals surface area contributed by atoms with Crippen LogP contribution >= 0.6 is 11.6 Å². The summed E-state index contributed by atoms with van der Waals surface area (Å²) in [6.45, 7) is 12.9. The van der Waals surface area contributed by atoms with E-state index in [1.54, 1.807) is 0 Å².